The van der Waals surface area contributed by atoms with Crippen LogP contribution in [0, 0.1) is 5.92 Å². The zero-order valence-corrected chi connectivity index (χ0v) is 11.1. The molecule has 2 atom stereocenters. The monoisotopic (exact) mass is 274 g/mol. The molecule has 2 heteroatoms. The van der Waals surface area contributed by atoms with Crippen LogP contribution in [0.2, 0.25) is 5.02 Å². The molecule has 1 aromatic carbocycles. The fourth-order valence-electron chi connectivity index (χ4n) is 1.53. The molecule has 0 radical (unpaired) electrons. The normalized spacial score (nSPS) is 15.6. The fraction of sp³-hybridized carbons (Fsp3) is 0.500. The summed E-state index contributed by atoms with van der Waals surface area (Å²) in [7, 11) is 0. The Morgan fingerprint density at radius 3 is 2.00 bits per heavy atom. The average Bonchev–Trinajstić information content (AvgIpc) is 2.16. The van der Waals surface area contributed by atoms with Crippen molar-refractivity contribution in [1.82, 2.24) is 0 Å². The first kappa shape index (κ1) is 12.1. The van der Waals surface area contributed by atoms with Gasteiger partial charge < -0.3 is 0 Å². The molecule has 0 nitrogen and oxygen atoms in total. The first-order valence-corrected chi connectivity index (χ1v) is 6.21. The van der Waals surface area contributed by atoms with Crippen LogP contribution < -0.4 is 0 Å². The van der Waals surface area contributed by atoms with Gasteiger partial charge in [-0.2, -0.15) is 0 Å². The molecule has 14 heavy (non-hydrogen) atoms. The molecular formula is C12H16BrCl. The Bertz CT molecular complexity index is 279. The third-order valence-electron chi connectivity index (χ3n) is 2.51. The Morgan fingerprint density at radius 2 is 1.57 bits per heavy atom. The van der Waals surface area contributed by atoms with Crippen molar-refractivity contribution in [2.75, 3.05) is 0 Å². The molecule has 0 heterocycles. The van der Waals surface area contributed by atoms with Gasteiger partial charge in [0.15, 0.2) is 0 Å². The number of halogens is 2. The van der Waals surface area contributed by atoms with Crippen LogP contribution in [-0.2, 0) is 0 Å². The van der Waals surface area contributed by atoms with Crippen molar-refractivity contribution in [2.45, 2.75) is 31.5 Å². The van der Waals surface area contributed by atoms with Gasteiger partial charge in [0.05, 0.1) is 0 Å². The van der Waals surface area contributed by atoms with Gasteiger partial charge in [-0.25, -0.2) is 0 Å². The Balaban J connectivity index is 2.78. The summed E-state index contributed by atoms with van der Waals surface area (Å²) >= 11 is 9.58. The molecule has 0 N–H and O–H groups in total. The summed E-state index contributed by atoms with van der Waals surface area (Å²) in [4.78, 5) is 0.517. The highest BCUT2D eigenvalue weighted by Crippen LogP contribution is 2.30. The lowest BCUT2D eigenvalue weighted by atomic mass is 9.92. The first-order valence-electron chi connectivity index (χ1n) is 4.92. The van der Waals surface area contributed by atoms with E-state index in [0.717, 1.165) is 5.02 Å². The van der Waals surface area contributed by atoms with Gasteiger partial charge in [-0.15, -0.1) is 0 Å². The molecule has 0 saturated heterocycles. The van der Waals surface area contributed by atoms with Gasteiger partial charge in [0.2, 0.25) is 0 Å². The largest absolute Gasteiger partial charge is 0.0881 e. The lowest BCUT2D eigenvalue weighted by Crippen LogP contribution is -2.15. The van der Waals surface area contributed by atoms with Gasteiger partial charge in [-0.1, -0.05) is 60.4 Å². The van der Waals surface area contributed by atoms with E-state index < -0.39 is 0 Å². The zero-order valence-electron chi connectivity index (χ0n) is 8.80. The second-order valence-electron chi connectivity index (χ2n) is 4.03. The minimum Gasteiger partial charge on any atom is -0.0881 e. The summed E-state index contributed by atoms with van der Waals surface area (Å²) in [5.74, 6) is 1.16. The molecule has 0 aliphatic rings. The quantitative estimate of drug-likeness (QED) is 0.691. The van der Waals surface area contributed by atoms with Gasteiger partial charge in [-0.3, -0.25) is 0 Å². The molecular weight excluding hydrogens is 259 g/mol. The Labute approximate surface area is 99.8 Å². The molecule has 0 aliphatic carbocycles. The number of rotatable bonds is 3. The third-order valence-corrected chi connectivity index (χ3v) is 4.61. The van der Waals surface area contributed by atoms with E-state index in [2.05, 4.69) is 48.8 Å². The highest BCUT2D eigenvalue weighted by molar-refractivity contribution is 9.09. The van der Waals surface area contributed by atoms with Gasteiger partial charge in [-0.05, 0) is 29.5 Å². The lowest BCUT2D eigenvalue weighted by Gasteiger charge is -2.22. The van der Waals surface area contributed by atoms with Gasteiger partial charge in [0, 0.05) is 9.85 Å². The molecule has 0 amide bonds. The first-order chi connectivity index (χ1) is 6.52. The zero-order chi connectivity index (χ0) is 10.7. The van der Waals surface area contributed by atoms with Gasteiger partial charge in [0.1, 0.15) is 0 Å². The number of alkyl halides is 1. The molecule has 78 valence electrons. The second kappa shape index (κ2) is 5.18. The number of hydrogen-bond donors (Lipinski definition) is 0. The summed E-state index contributed by atoms with van der Waals surface area (Å²) in [6.07, 6.45) is 0. The van der Waals surface area contributed by atoms with Crippen molar-refractivity contribution in [1.29, 1.82) is 0 Å². The van der Waals surface area contributed by atoms with E-state index in [-0.39, 0.29) is 0 Å². The van der Waals surface area contributed by atoms with Crippen molar-refractivity contribution in [3.63, 3.8) is 0 Å². The molecule has 1 aromatic rings. The summed E-state index contributed by atoms with van der Waals surface area (Å²) in [6, 6.07) is 8.11. The lowest BCUT2D eigenvalue weighted by molar-refractivity contribution is 0.550. The summed E-state index contributed by atoms with van der Waals surface area (Å²) in [6.45, 7) is 6.69. The molecule has 0 aliphatic heterocycles. The third kappa shape index (κ3) is 2.99. The molecule has 0 spiro atoms. The molecule has 0 bridgehead atoms. The summed E-state index contributed by atoms with van der Waals surface area (Å²) in [5, 5.41) is 0.802. The van der Waals surface area contributed by atoms with Crippen LogP contribution in [0.1, 0.15) is 32.3 Å². The van der Waals surface area contributed by atoms with Crippen LogP contribution >= 0.6 is 27.5 Å². The SMILES string of the molecule is CC(C)C(Br)C(C)c1ccc(Cl)cc1. The van der Waals surface area contributed by atoms with Crippen molar-refractivity contribution < 1.29 is 0 Å². The average molecular weight is 276 g/mol. The molecule has 2 unspecified atom stereocenters. The van der Waals surface area contributed by atoms with Crippen molar-refractivity contribution in [3.8, 4) is 0 Å². The summed E-state index contributed by atoms with van der Waals surface area (Å²) in [5.41, 5.74) is 1.34. The summed E-state index contributed by atoms with van der Waals surface area (Å²) < 4.78 is 0. The van der Waals surface area contributed by atoms with Gasteiger partial charge in [0.25, 0.3) is 0 Å². The molecule has 0 saturated carbocycles. The van der Waals surface area contributed by atoms with E-state index in [1.54, 1.807) is 0 Å². The van der Waals surface area contributed by atoms with Crippen LogP contribution in [0.4, 0.5) is 0 Å². The van der Waals surface area contributed by atoms with Crippen molar-refractivity contribution in [3.05, 3.63) is 34.9 Å². The van der Waals surface area contributed by atoms with Crippen LogP contribution in [0.15, 0.2) is 24.3 Å². The van der Waals surface area contributed by atoms with Crippen LogP contribution in [-0.4, -0.2) is 4.83 Å². The van der Waals surface area contributed by atoms with E-state index >= 15 is 0 Å². The predicted molar refractivity (Wildman–Crippen MR) is 67.4 cm³/mol. The maximum absolute atomic E-state index is 5.85. The number of benzene rings is 1. The molecule has 0 fully saturated rings. The smallest absolute Gasteiger partial charge is 0.0406 e. The van der Waals surface area contributed by atoms with E-state index in [4.69, 9.17) is 11.6 Å². The Hall–Kier alpha value is -0.0100. The van der Waals surface area contributed by atoms with E-state index in [1.165, 1.54) is 5.56 Å². The maximum atomic E-state index is 5.85. The van der Waals surface area contributed by atoms with E-state index in [1.807, 2.05) is 12.1 Å². The standard InChI is InChI=1S/C12H16BrCl/c1-8(2)12(13)9(3)10-4-6-11(14)7-5-10/h4-9,12H,1-3H3. The van der Waals surface area contributed by atoms with Crippen LogP contribution in [0.3, 0.4) is 0 Å². The number of hydrogen-bond acceptors (Lipinski definition) is 0. The van der Waals surface area contributed by atoms with Gasteiger partial charge >= 0.3 is 0 Å². The minimum atomic E-state index is 0.517. The molecule has 1 rings (SSSR count). The second-order valence-corrected chi connectivity index (χ2v) is 5.52. The van der Waals surface area contributed by atoms with E-state index in [9.17, 15) is 0 Å². The maximum Gasteiger partial charge on any atom is 0.0406 e. The van der Waals surface area contributed by atoms with Crippen LogP contribution in [0.25, 0.3) is 0 Å². The minimum absolute atomic E-state index is 0.517. The van der Waals surface area contributed by atoms with Crippen molar-refractivity contribution in [2.24, 2.45) is 5.92 Å². The Kier molecular flexibility index (Phi) is 4.46. The highest BCUT2D eigenvalue weighted by Gasteiger charge is 2.18. The highest BCUT2D eigenvalue weighted by atomic mass is 79.9. The Morgan fingerprint density at radius 1 is 1.07 bits per heavy atom. The van der Waals surface area contributed by atoms with Crippen LogP contribution in [0.5, 0.6) is 0 Å². The fourth-order valence-corrected chi connectivity index (χ4v) is 1.96. The van der Waals surface area contributed by atoms with E-state index in [0.29, 0.717) is 16.7 Å². The van der Waals surface area contributed by atoms with Crippen molar-refractivity contribution >= 4 is 27.5 Å². The topological polar surface area (TPSA) is 0 Å². The predicted octanol–water partition coefficient (Wildman–Crippen LogP) is 4.86. The molecule has 0 aromatic heterocycles.